The zero-order valence-corrected chi connectivity index (χ0v) is 8.58. The van der Waals surface area contributed by atoms with Gasteiger partial charge in [-0.15, -0.1) is 0 Å². The van der Waals surface area contributed by atoms with Crippen molar-refractivity contribution >= 4 is 21.6 Å². The molecule has 0 atom stereocenters. The smallest absolute Gasteiger partial charge is 0.145 e. The quantitative estimate of drug-likeness (QED) is 0.807. The van der Waals surface area contributed by atoms with Gasteiger partial charge in [0.25, 0.3) is 0 Å². The van der Waals surface area contributed by atoms with Gasteiger partial charge in [0.05, 0.1) is 18.9 Å². The van der Waals surface area contributed by atoms with Gasteiger partial charge < -0.3 is 15.2 Å². The molecule has 13 heavy (non-hydrogen) atoms. The Morgan fingerprint density at radius 3 is 2.85 bits per heavy atom. The highest BCUT2D eigenvalue weighted by molar-refractivity contribution is 9.10. The topological polar surface area (TPSA) is 44.5 Å². The number of ether oxygens (including phenoxy) is 2. The molecule has 0 saturated carbocycles. The van der Waals surface area contributed by atoms with Gasteiger partial charge in [0.15, 0.2) is 0 Å². The molecule has 70 valence electrons. The van der Waals surface area contributed by atoms with Crippen LogP contribution in [0.25, 0.3) is 0 Å². The lowest BCUT2D eigenvalue weighted by Gasteiger charge is -2.27. The number of anilines is 1. The number of benzene rings is 1. The predicted molar refractivity (Wildman–Crippen MR) is 53.8 cm³/mol. The van der Waals surface area contributed by atoms with Crippen molar-refractivity contribution in [3.05, 3.63) is 22.7 Å². The minimum Gasteiger partial charge on any atom is -0.483 e. The number of rotatable bonds is 2. The van der Waals surface area contributed by atoms with E-state index in [1.807, 2.05) is 18.2 Å². The Kier molecular flexibility index (Phi) is 2.42. The van der Waals surface area contributed by atoms with Crippen LogP contribution in [0.2, 0.25) is 0 Å². The Labute approximate surface area is 85.0 Å². The zero-order valence-electron chi connectivity index (χ0n) is 7.00. The van der Waals surface area contributed by atoms with Crippen LogP contribution in [0.3, 0.4) is 0 Å². The summed E-state index contributed by atoms with van der Waals surface area (Å²) in [5, 5.41) is 0. The summed E-state index contributed by atoms with van der Waals surface area (Å²) in [4.78, 5) is 0. The summed E-state index contributed by atoms with van der Waals surface area (Å²) in [6, 6.07) is 5.58. The van der Waals surface area contributed by atoms with Gasteiger partial charge in [0.1, 0.15) is 11.9 Å². The van der Waals surface area contributed by atoms with Gasteiger partial charge in [0.2, 0.25) is 0 Å². The summed E-state index contributed by atoms with van der Waals surface area (Å²) >= 11 is 3.36. The van der Waals surface area contributed by atoms with E-state index in [1.165, 1.54) is 0 Å². The molecule has 1 aliphatic heterocycles. The highest BCUT2D eigenvalue weighted by Gasteiger charge is 2.20. The molecule has 0 spiro atoms. The van der Waals surface area contributed by atoms with E-state index < -0.39 is 0 Å². The molecule has 1 heterocycles. The normalized spacial score (nSPS) is 16.7. The summed E-state index contributed by atoms with van der Waals surface area (Å²) in [7, 11) is 0. The van der Waals surface area contributed by atoms with E-state index in [0.717, 1.165) is 10.2 Å². The van der Waals surface area contributed by atoms with Gasteiger partial charge in [-0.2, -0.15) is 0 Å². The molecule has 0 aliphatic carbocycles. The van der Waals surface area contributed by atoms with Gasteiger partial charge in [0, 0.05) is 4.47 Å². The Bertz CT molecular complexity index is 312. The van der Waals surface area contributed by atoms with Crippen LogP contribution in [0, 0.1) is 0 Å². The highest BCUT2D eigenvalue weighted by Crippen LogP contribution is 2.27. The molecule has 0 radical (unpaired) electrons. The summed E-state index contributed by atoms with van der Waals surface area (Å²) in [5.74, 6) is 0.725. The summed E-state index contributed by atoms with van der Waals surface area (Å²) in [6.45, 7) is 1.32. The van der Waals surface area contributed by atoms with E-state index in [9.17, 15) is 0 Å². The highest BCUT2D eigenvalue weighted by atomic mass is 79.9. The van der Waals surface area contributed by atoms with Crippen molar-refractivity contribution in [1.29, 1.82) is 0 Å². The molecular formula is C9H10BrNO2. The van der Waals surface area contributed by atoms with E-state index in [4.69, 9.17) is 15.2 Å². The minimum absolute atomic E-state index is 0.164. The first-order valence-electron chi connectivity index (χ1n) is 4.05. The molecule has 3 nitrogen and oxygen atoms in total. The third kappa shape index (κ3) is 1.95. The average molecular weight is 244 g/mol. The first-order chi connectivity index (χ1) is 6.25. The number of halogens is 1. The first kappa shape index (κ1) is 8.84. The van der Waals surface area contributed by atoms with Crippen molar-refractivity contribution in [2.24, 2.45) is 0 Å². The fourth-order valence-electron chi connectivity index (χ4n) is 1.07. The Morgan fingerprint density at radius 2 is 2.23 bits per heavy atom. The Hall–Kier alpha value is -0.740. The maximum absolute atomic E-state index is 5.73. The summed E-state index contributed by atoms with van der Waals surface area (Å²) in [6.07, 6.45) is 0.164. The first-order valence-corrected chi connectivity index (χ1v) is 4.84. The van der Waals surface area contributed by atoms with Crippen LogP contribution in [0.4, 0.5) is 5.69 Å². The van der Waals surface area contributed by atoms with Gasteiger partial charge in [-0.25, -0.2) is 0 Å². The third-order valence-electron chi connectivity index (χ3n) is 1.88. The molecule has 2 N–H and O–H groups in total. The molecule has 1 aromatic rings. The van der Waals surface area contributed by atoms with Crippen LogP contribution in [0.15, 0.2) is 22.7 Å². The lowest BCUT2D eigenvalue weighted by molar-refractivity contribution is -0.0794. The van der Waals surface area contributed by atoms with Crippen molar-refractivity contribution in [1.82, 2.24) is 0 Å². The number of nitrogens with two attached hydrogens (primary N) is 1. The number of nitrogen functional groups attached to an aromatic ring is 1. The van der Waals surface area contributed by atoms with Crippen molar-refractivity contribution in [2.45, 2.75) is 6.10 Å². The molecule has 1 aliphatic rings. The molecule has 0 unspecified atom stereocenters. The minimum atomic E-state index is 0.164. The Balaban J connectivity index is 2.13. The monoisotopic (exact) mass is 243 g/mol. The molecule has 1 fully saturated rings. The second kappa shape index (κ2) is 3.55. The third-order valence-corrected chi connectivity index (χ3v) is 2.37. The van der Waals surface area contributed by atoms with Gasteiger partial charge >= 0.3 is 0 Å². The Morgan fingerprint density at radius 1 is 1.46 bits per heavy atom. The molecular weight excluding hydrogens is 234 g/mol. The van der Waals surface area contributed by atoms with Gasteiger partial charge in [-0.1, -0.05) is 15.9 Å². The molecule has 1 saturated heterocycles. The largest absolute Gasteiger partial charge is 0.483 e. The van der Waals surface area contributed by atoms with Crippen molar-refractivity contribution in [2.75, 3.05) is 18.9 Å². The van der Waals surface area contributed by atoms with Gasteiger partial charge in [-0.3, -0.25) is 0 Å². The van der Waals surface area contributed by atoms with Crippen LogP contribution in [-0.4, -0.2) is 19.3 Å². The number of hydrogen-bond acceptors (Lipinski definition) is 3. The molecule has 4 heteroatoms. The second-order valence-electron chi connectivity index (χ2n) is 2.96. The van der Waals surface area contributed by atoms with Crippen molar-refractivity contribution in [3.63, 3.8) is 0 Å². The van der Waals surface area contributed by atoms with Crippen molar-refractivity contribution < 1.29 is 9.47 Å². The van der Waals surface area contributed by atoms with E-state index in [-0.39, 0.29) is 6.10 Å². The van der Waals surface area contributed by atoms with E-state index >= 15 is 0 Å². The standard InChI is InChI=1S/C9H10BrNO2/c10-6-1-2-8(11)9(3-6)13-7-4-12-5-7/h1-3,7H,4-5,11H2. The zero-order chi connectivity index (χ0) is 9.26. The second-order valence-corrected chi connectivity index (χ2v) is 3.88. The lowest BCUT2D eigenvalue weighted by atomic mass is 10.3. The molecule has 0 amide bonds. The molecule has 0 aromatic heterocycles. The molecule has 2 rings (SSSR count). The fraction of sp³-hybridized carbons (Fsp3) is 0.333. The number of hydrogen-bond donors (Lipinski definition) is 1. The maximum Gasteiger partial charge on any atom is 0.145 e. The van der Waals surface area contributed by atoms with Crippen molar-refractivity contribution in [3.8, 4) is 5.75 Å². The van der Waals surface area contributed by atoms with Crippen LogP contribution in [0.5, 0.6) is 5.75 Å². The van der Waals surface area contributed by atoms with E-state index in [0.29, 0.717) is 18.9 Å². The SMILES string of the molecule is Nc1ccc(Br)cc1OC1COC1. The fourth-order valence-corrected chi connectivity index (χ4v) is 1.41. The molecule has 1 aromatic carbocycles. The predicted octanol–water partition coefficient (Wildman–Crippen LogP) is 1.81. The molecule has 0 bridgehead atoms. The maximum atomic E-state index is 5.73. The van der Waals surface area contributed by atoms with Crippen LogP contribution < -0.4 is 10.5 Å². The van der Waals surface area contributed by atoms with Crippen LogP contribution >= 0.6 is 15.9 Å². The average Bonchev–Trinajstić information content (AvgIpc) is 2.03. The van der Waals surface area contributed by atoms with E-state index in [1.54, 1.807) is 0 Å². The van der Waals surface area contributed by atoms with E-state index in [2.05, 4.69) is 15.9 Å². The van der Waals surface area contributed by atoms with Crippen LogP contribution in [0.1, 0.15) is 0 Å². The van der Waals surface area contributed by atoms with Gasteiger partial charge in [-0.05, 0) is 18.2 Å². The van der Waals surface area contributed by atoms with Crippen LogP contribution in [-0.2, 0) is 4.74 Å². The summed E-state index contributed by atoms with van der Waals surface area (Å²) in [5.41, 5.74) is 6.39. The summed E-state index contributed by atoms with van der Waals surface area (Å²) < 4.78 is 11.6. The lowest BCUT2D eigenvalue weighted by Crippen LogP contribution is -2.38.